The molecule has 25 heavy (non-hydrogen) atoms. The molecule has 0 bridgehead atoms. The Kier molecular flexibility index (Phi) is 4.76. The highest BCUT2D eigenvalue weighted by atomic mass is 32.1. The maximum Gasteiger partial charge on any atom is 0.335 e. The zero-order valence-electron chi connectivity index (χ0n) is 13.0. The molecular weight excluding hydrogens is 340 g/mol. The van der Waals surface area contributed by atoms with Crippen molar-refractivity contribution >= 4 is 35.3 Å². The first kappa shape index (κ1) is 16.7. The molecule has 0 unspecified atom stereocenters. The number of hydrogen-bond acceptors (Lipinski definition) is 4. The molecule has 0 aromatic heterocycles. The average molecular weight is 354 g/mol. The van der Waals surface area contributed by atoms with Crippen LogP contribution in [0.4, 0.5) is 0 Å². The van der Waals surface area contributed by atoms with Gasteiger partial charge in [0.25, 0.3) is 5.91 Å². The van der Waals surface area contributed by atoms with Gasteiger partial charge in [-0.15, -0.1) is 0 Å². The Labute approximate surface area is 149 Å². The number of carboxylic acid groups (broad SMARTS) is 1. The van der Waals surface area contributed by atoms with Crippen molar-refractivity contribution < 1.29 is 19.4 Å². The molecule has 2 aromatic carbocycles. The number of rotatable bonds is 5. The molecule has 126 valence electrons. The van der Waals surface area contributed by atoms with Crippen molar-refractivity contribution in [3.05, 3.63) is 70.9 Å². The summed E-state index contributed by atoms with van der Waals surface area (Å²) in [6.07, 6.45) is 1.69. The molecular formula is C18H14N2O4S. The molecule has 2 aromatic rings. The summed E-state index contributed by atoms with van der Waals surface area (Å²) in [5.41, 5.74) is 2.21. The van der Waals surface area contributed by atoms with Crippen molar-refractivity contribution in [2.45, 2.75) is 6.61 Å². The van der Waals surface area contributed by atoms with Crippen LogP contribution >= 0.6 is 12.2 Å². The van der Waals surface area contributed by atoms with Crippen LogP contribution in [-0.4, -0.2) is 22.1 Å². The van der Waals surface area contributed by atoms with E-state index >= 15 is 0 Å². The van der Waals surface area contributed by atoms with Crippen LogP contribution in [0, 0.1) is 0 Å². The zero-order valence-corrected chi connectivity index (χ0v) is 13.8. The topological polar surface area (TPSA) is 87.7 Å². The lowest BCUT2D eigenvalue weighted by molar-refractivity contribution is -0.115. The Bertz CT molecular complexity index is 875. The lowest BCUT2D eigenvalue weighted by Gasteiger charge is -2.07. The predicted molar refractivity (Wildman–Crippen MR) is 96.0 cm³/mol. The van der Waals surface area contributed by atoms with E-state index in [2.05, 4.69) is 10.6 Å². The fraction of sp³-hybridized carbons (Fsp3) is 0.0556. The fourth-order valence-corrected chi connectivity index (χ4v) is 2.47. The van der Waals surface area contributed by atoms with Gasteiger partial charge in [-0.25, -0.2) is 4.79 Å². The summed E-state index contributed by atoms with van der Waals surface area (Å²) in [4.78, 5) is 22.6. The molecule has 1 saturated heterocycles. The van der Waals surface area contributed by atoms with Crippen LogP contribution in [-0.2, 0) is 11.4 Å². The van der Waals surface area contributed by atoms with Gasteiger partial charge in [-0.3, -0.25) is 10.1 Å². The van der Waals surface area contributed by atoms with E-state index in [0.717, 1.165) is 11.1 Å². The Balaban J connectivity index is 1.64. The minimum atomic E-state index is -0.969. The molecule has 0 spiro atoms. The van der Waals surface area contributed by atoms with Crippen LogP contribution in [0.25, 0.3) is 6.08 Å². The minimum absolute atomic E-state index is 0.225. The molecule has 1 heterocycles. The first-order valence-electron chi connectivity index (χ1n) is 7.40. The van der Waals surface area contributed by atoms with E-state index in [1.165, 1.54) is 6.07 Å². The third-order valence-corrected chi connectivity index (χ3v) is 3.69. The van der Waals surface area contributed by atoms with Crippen molar-refractivity contribution in [3.63, 3.8) is 0 Å². The molecule has 0 atom stereocenters. The maximum absolute atomic E-state index is 11.6. The number of hydrogen-bond donors (Lipinski definition) is 3. The SMILES string of the molecule is O=C1NC(=S)NC1=Cc1ccc(OCc2cccc(C(=O)O)c2)cc1. The van der Waals surface area contributed by atoms with Crippen molar-refractivity contribution in [3.8, 4) is 5.75 Å². The molecule has 1 amide bonds. The lowest BCUT2D eigenvalue weighted by Crippen LogP contribution is -2.21. The summed E-state index contributed by atoms with van der Waals surface area (Å²) in [5, 5.41) is 14.6. The number of ether oxygens (including phenoxy) is 1. The van der Waals surface area contributed by atoms with Crippen molar-refractivity contribution in [2.24, 2.45) is 0 Å². The van der Waals surface area contributed by atoms with Gasteiger partial charge < -0.3 is 15.2 Å². The van der Waals surface area contributed by atoms with Gasteiger partial charge in [0.1, 0.15) is 18.1 Å². The zero-order chi connectivity index (χ0) is 17.8. The van der Waals surface area contributed by atoms with Gasteiger partial charge in [0.2, 0.25) is 0 Å². The van der Waals surface area contributed by atoms with Gasteiger partial charge in [-0.1, -0.05) is 24.3 Å². The highest BCUT2D eigenvalue weighted by Gasteiger charge is 2.19. The van der Waals surface area contributed by atoms with Crippen molar-refractivity contribution in [1.29, 1.82) is 0 Å². The van der Waals surface area contributed by atoms with Crippen molar-refractivity contribution in [2.75, 3.05) is 0 Å². The summed E-state index contributed by atoms with van der Waals surface area (Å²) in [5.74, 6) is -0.589. The predicted octanol–water partition coefficient (Wildman–Crippen LogP) is 2.31. The number of amides is 1. The number of nitrogens with one attached hydrogen (secondary N) is 2. The third-order valence-electron chi connectivity index (χ3n) is 3.49. The first-order chi connectivity index (χ1) is 12.0. The van der Waals surface area contributed by atoms with Crippen LogP contribution < -0.4 is 15.4 Å². The molecule has 0 saturated carbocycles. The van der Waals surface area contributed by atoms with E-state index in [9.17, 15) is 9.59 Å². The van der Waals surface area contributed by atoms with Gasteiger partial charge >= 0.3 is 5.97 Å². The Morgan fingerprint density at radius 2 is 1.92 bits per heavy atom. The minimum Gasteiger partial charge on any atom is -0.489 e. The fourth-order valence-electron chi connectivity index (χ4n) is 2.27. The van der Waals surface area contributed by atoms with E-state index in [1.807, 2.05) is 12.1 Å². The molecule has 1 aliphatic heterocycles. The van der Waals surface area contributed by atoms with Crippen molar-refractivity contribution in [1.82, 2.24) is 10.6 Å². The molecule has 0 aliphatic carbocycles. The highest BCUT2D eigenvalue weighted by Crippen LogP contribution is 2.17. The number of carbonyl (C=O) groups excluding carboxylic acids is 1. The van der Waals surface area contributed by atoms with Crippen LogP contribution in [0.1, 0.15) is 21.5 Å². The molecule has 7 heteroatoms. The second-order valence-corrected chi connectivity index (χ2v) is 5.74. The normalized spacial score (nSPS) is 15.0. The van der Waals surface area contributed by atoms with E-state index < -0.39 is 5.97 Å². The summed E-state index contributed by atoms with van der Waals surface area (Å²) in [6.45, 7) is 0.264. The van der Waals surface area contributed by atoms with Crippen LogP contribution in [0.3, 0.4) is 0 Å². The molecule has 6 nitrogen and oxygen atoms in total. The number of carboxylic acids is 1. The number of benzene rings is 2. The number of aromatic carboxylic acids is 1. The average Bonchev–Trinajstić information content (AvgIpc) is 2.92. The molecule has 3 N–H and O–H groups in total. The van der Waals surface area contributed by atoms with Crippen LogP contribution in [0.2, 0.25) is 0 Å². The molecule has 1 aliphatic rings. The van der Waals surface area contributed by atoms with Crippen LogP contribution in [0.15, 0.2) is 54.2 Å². The third kappa shape index (κ3) is 4.21. The Morgan fingerprint density at radius 3 is 2.56 bits per heavy atom. The Morgan fingerprint density at radius 1 is 1.16 bits per heavy atom. The smallest absolute Gasteiger partial charge is 0.335 e. The molecule has 0 radical (unpaired) electrons. The summed E-state index contributed by atoms with van der Waals surface area (Å²) >= 11 is 4.88. The lowest BCUT2D eigenvalue weighted by atomic mass is 10.1. The monoisotopic (exact) mass is 354 g/mol. The summed E-state index contributed by atoms with van der Waals surface area (Å²) in [7, 11) is 0. The second kappa shape index (κ2) is 7.14. The van der Waals surface area contributed by atoms with E-state index in [0.29, 0.717) is 16.6 Å². The van der Waals surface area contributed by atoms with Gasteiger partial charge in [-0.2, -0.15) is 0 Å². The quantitative estimate of drug-likeness (QED) is 0.564. The molecule has 1 fully saturated rings. The van der Waals surface area contributed by atoms with Gasteiger partial charge in [0.05, 0.1) is 5.56 Å². The van der Waals surface area contributed by atoms with Gasteiger partial charge in [0.15, 0.2) is 5.11 Å². The maximum atomic E-state index is 11.6. The summed E-state index contributed by atoms with van der Waals surface area (Å²) < 4.78 is 5.66. The Hall–Kier alpha value is -3.19. The number of carbonyl (C=O) groups is 2. The number of thiocarbonyl (C=S) groups is 1. The van der Waals surface area contributed by atoms with E-state index in [-0.39, 0.29) is 18.1 Å². The summed E-state index contributed by atoms with van der Waals surface area (Å²) in [6, 6.07) is 13.8. The second-order valence-electron chi connectivity index (χ2n) is 5.33. The van der Waals surface area contributed by atoms with E-state index in [1.54, 1.807) is 36.4 Å². The van der Waals surface area contributed by atoms with Gasteiger partial charge in [-0.05, 0) is 53.7 Å². The first-order valence-corrected chi connectivity index (χ1v) is 7.81. The van der Waals surface area contributed by atoms with Crippen LogP contribution in [0.5, 0.6) is 5.75 Å². The standard InChI is InChI=1S/C18H14N2O4S/c21-16-15(19-18(25)20-16)9-11-4-6-14(7-5-11)24-10-12-2-1-3-13(8-12)17(22)23/h1-9H,10H2,(H,22,23)(H2,19,20,21,25). The van der Waals surface area contributed by atoms with E-state index in [4.69, 9.17) is 22.1 Å². The highest BCUT2D eigenvalue weighted by molar-refractivity contribution is 7.80. The largest absolute Gasteiger partial charge is 0.489 e. The van der Waals surface area contributed by atoms with Gasteiger partial charge in [0, 0.05) is 0 Å². The molecule has 3 rings (SSSR count).